The van der Waals surface area contributed by atoms with E-state index in [0.717, 1.165) is 12.2 Å². The van der Waals surface area contributed by atoms with Gasteiger partial charge in [-0.25, -0.2) is 0 Å². The van der Waals surface area contributed by atoms with Crippen LogP contribution in [0.5, 0.6) is 0 Å². The average Bonchev–Trinajstić information content (AvgIpc) is 3.13. The first-order valence-corrected chi connectivity index (χ1v) is 8.81. The number of aryl methyl sites for hydroxylation is 1. The topological polar surface area (TPSA) is 103 Å². The minimum Gasteiger partial charge on any atom is -0.356 e. The molecular weight excluding hydrogens is 332 g/mol. The SMILES string of the molecule is Cc1ccccc1CN1CCNC(=O)C1CC(=O)NCCc1cn[nH]n1. The van der Waals surface area contributed by atoms with E-state index in [9.17, 15) is 9.59 Å². The molecular formula is C18H24N6O2. The van der Waals surface area contributed by atoms with Crippen LogP contribution in [-0.4, -0.2) is 57.8 Å². The summed E-state index contributed by atoms with van der Waals surface area (Å²) in [6, 6.07) is 7.68. The monoisotopic (exact) mass is 356 g/mol. The number of aromatic amines is 1. The third-order valence-corrected chi connectivity index (χ3v) is 4.62. The van der Waals surface area contributed by atoms with Crippen LogP contribution in [0, 0.1) is 6.92 Å². The highest BCUT2D eigenvalue weighted by molar-refractivity contribution is 5.88. The van der Waals surface area contributed by atoms with E-state index >= 15 is 0 Å². The Bertz CT molecular complexity index is 746. The molecule has 0 aliphatic carbocycles. The van der Waals surface area contributed by atoms with Crippen molar-refractivity contribution in [3.8, 4) is 0 Å². The largest absolute Gasteiger partial charge is 0.356 e. The summed E-state index contributed by atoms with van der Waals surface area (Å²) in [6.07, 6.45) is 2.38. The molecule has 0 bridgehead atoms. The molecule has 1 aromatic heterocycles. The highest BCUT2D eigenvalue weighted by Crippen LogP contribution is 2.16. The van der Waals surface area contributed by atoms with Crippen molar-refractivity contribution in [3.63, 3.8) is 0 Å². The van der Waals surface area contributed by atoms with E-state index in [1.54, 1.807) is 6.20 Å². The smallest absolute Gasteiger partial charge is 0.237 e. The lowest BCUT2D eigenvalue weighted by molar-refractivity contribution is -0.134. The molecule has 1 aliphatic heterocycles. The molecule has 1 aliphatic rings. The maximum atomic E-state index is 12.3. The lowest BCUT2D eigenvalue weighted by Gasteiger charge is -2.35. The average molecular weight is 356 g/mol. The molecule has 2 aromatic rings. The van der Waals surface area contributed by atoms with E-state index in [1.807, 2.05) is 12.1 Å². The Morgan fingerprint density at radius 3 is 3.00 bits per heavy atom. The summed E-state index contributed by atoms with van der Waals surface area (Å²) in [7, 11) is 0. The van der Waals surface area contributed by atoms with Crippen molar-refractivity contribution in [2.75, 3.05) is 19.6 Å². The minimum atomic E-state index is -0.449. The van der Waals surface area contributed by atoms with Crippen molar-refractivity contribution in [1.29, 1.82) is 0 Å². The van der Waals surface area contributed by atoms with Crippen molar-refractivity contribution in [3.05, 3.63) is 47.3 Å². The zero-order valence-electron chi connectivity index (χ0n) is 14.9. The van der Waals surface area contributed by atoms with Crippen LogP contribution in [0.15, 0.2) is 30.5 Å². The molecule has 8 heteroatoms. The molecule has 0 saturated carbocycles. The van der Waals surface area contributed by atoms with Gasteiger partial charge in [0, 0.05) is 32.6 Å². The molecule has 0 spiro atoms. The van der Waals surface area contributed by atoms with Gasteiger partial charge < -0.3 is 10.6 Å². The summed E-state index contributed by atoms with van der Waals surface area (Å²) in [5.74, 6) is -0.221. The van der Waals surface area contributed by atoms with Crippen molar-refractivity contribution in [2.24, 2.45) is 0 Å². The van der Waals surface area contributed by atoms with Crippen LogP contribution >= 0.6 is 0 Å². The van der Waals surface area contributed by atoms with Crippen LogP contribution in [-0.2, 0) is 22.6 Å². The van der Waals surface area contributed by atoms with Gasteiger partial charge in [-0.3, -0.25) is 14.5 Å². The summed E-state index contributed by atoms with van der Waals surface area (Å²) in [4.78, 5) is 26.7. The van der Waals surface area contributed by atoms with Crippen LogP contribution in [0.1, 0.15) is 23.2 Å². The number of piperazine rings is 1. The zero-order valence-corrected chi connectivity index (χ0v) is 14.9. The summed E-state index contributed by atoms with van der Waals surface area (Å²) < 4.78 is 0. The van der Waals surface area contributed by atoms with Gasteiger partial charge in [0.05, 0.1) is 24.4 Å². The number of nitrogens with one attached hydrogen (secondary N) is 3. The number of benzene rings is 1. The highest BCUT2D eigenvalue weighted by Gasteiger charge is 2.31. The van der Waals surface area contributed by atoms with Gasteiger partial charge in [-0.2, -0.15) is 15.4 Å². The van der Waals surface area contributed by atoms with Gasteiger partial charge in [-0.1, -0.05) is 24.3 Å². The quantitative estimate of drug-likeness (QED) is 0.656. The molecule has 1 atom stereocenters. The maximum absolute atomic E-state index is 12.3. The van der Waals surface area contributed by atoms with E-state index in [0.29, 0.717) is 26.1 Å². The number of nitrogens with zero attached hydrogens (tertiary/aromatic N) is 3. The van der Waals surface area contributed by atoms with Crippen LogP contribution in [0.3, 0.4) is 0 Å². The van der Waals surface area contributed by atoms with Crippen LogP contribution in [0.4, 0.5) is 0 Å². The summed E-state index contributed by atoms with van der Waals surface area (Å²) in [5.41, 5.74) is 3.16. The van der Waals surface area contributed by atoms with Gasteiger partial charge in [0.2, 0.25) is 11.8 Å². The van der Waals surface area contributed by atoms with Crippen molar-refractivity contribution in [1.82, 2.24) is 30.9 Å². The van der Waals surface area contributed by atoms with E-state index in [4.69, 9.17) is 0 Å². The van der Waals surface area contributed by atoms with E-state index in [-0.39, 0.29) is 18.2 Å². The second kappa shape index (κ2) is 8.57. The molecule has 2 amide bonds. The molecule has 1 fully saturated rings. The fourth-order valence-electron chi connectivity index (χ4n) is 3.10. The summed E-state index contributed by atoms with van der Waals surface area (Å²) >= 11 is 0. The Kier molecular flexibility index (Phi) is 5.96. The predicted molar refractivity (Wildman–Crippen MR) is 96.1 cm³/mol. The molecule has 2 heterocycles. The molecule has 1 unspecified atom stereocenters. The van der Waals surface area contributed by atoms with Crippen LogP contribution < -0.4 is 10.6 Å². The van der Waals surface area contributed by atoms with Crippen molar-refractivity contribution in [2.45, 2.75) is 32.4 Å². The number of amides is 2. The standard InChI is InChI=1S/C18H24N6O2/c1-13-4-2-3-5-14(13)12-24-9-8-20-18(26)16(24)10-17(25)19-7-6-15-11-21-23-22-15/h2-5,11,16H,6-10,12H2,1H3,(H,19,25)(H,20,26)(H,21,22,23). The van der Waals surface area contributed by atoms with Gasteiger partial charge in [0.15, 0.2) is 0 Å². The van der Waals surface area contributed by atoms with E-state index < -0.39 is 6.04 Å². The van der Waals surface area contributed by atoms with Gasteiger partial charge in [-0.05, 0) is 18.1 Å². The lowest BCUT2D eigenvalue weighted by Crippen LogP contribution is -2.56. The van der Waals surface area contributed by atoms with Crippen LogP contribution in [0.25, 0.3) is 0 Å². The number of carbonyl (C=O) groups excluding carboxylic acids is 2. The Labute approximate surface area is 152 Å². The van der Waals surface area contributed by atoms with E-state index in [1.165, 1.54) is 11.1 Å². The second-order valence-electron chi connectivity index (χ2n) is 6.47. The zero-order chi connectivity index (χ0) is 18.4. The molecule has 0 radical (unpaired) electrons. The minimum absolute atomic E-state index is 0.0866. The first kappa shape index (κ1) is 18.1. The third kappa shape index (κ3) is 4.66. The summed E-state index contributed by atoms with van der Waals surface area (Å²) in [5, 5.41) is 15.9. The first-order valence-electron chi connectivity index (χ1n) is 8.81. The fraction of sp³-hybridized carbons (Fsp3) is 0.444. The Hall–Kier alpha value is -2.74. The number of hydrogen-bond acceptors (Lipinski definition) is 5. The van der Waals surface area contributed by atoms with Crippen molar-refractivity contribution < 1.29 is 9.59 Å². The number of rotatable bonds is 7. The Balaban J connectivity index is 1.56. The molecule has 3 rings (SSSR count). The van der Waals surface area contributed by atoms with Gasteiger partial charge in [0.25, 0.3) is 0 Å². The first-order chi connectivity index (χ1) is 12.6. The third-order valence-electron chi connectivity index (χ3n) is 4.62. The number of H-pyrrole nitrogens is 1. The number of aromatic nitrogens is 3. The normalized spacial score (nSPS) is 17.7. The summed E-state index contributed by atoms with van der Waals surface area (Å²) in [6.45, 7) is 4.53. The molecule has 3 N–H and O–H groups in total. The Morgan fingerprint density at radius 1 is 1.38 bits per heavy atom. The predicted octanol–water partition coefficient (Wildman–Crippen LogP) is 0.163. The molecule has 8 nitrogen and oxygen atoms in total. The highest BCUT2D eigenvalue weighted by atomic mass is 16.2. The molecule has 1 saturated heterocycles. The maximum Gasteiger partial charge on any atom is 0.237 e. The number of carbonyl (C=O) groups is 2. The molecule has 26 heavy (non-hydrogen) atoms. The number of hydrogen-bond donors (Lipinski definition) is 3. The lowest BCUT2D eigenvalue weighted by atomic mass is 10.0. The molecule has 138 valence electrons. The van der Waals surface area contributed by atoms with Gasteiger partial charge in [-0.15, -0.1) is 0 Å². The Morgan fingerprint density at radius 2 is 2.23 bits per heavy atom. The van der Waals surface area contributed by atoms with E-state index in [2.05, 4.69) is 50.0 Å². The second-order valence-corrected chi connectivity index (χ2v) is 6.47. The fourth-order valence-corrected chi connectivity index (χ4v) is 3.10. The van der Waals surface area contributed by atoms with Crippen molar-refractivity contribution >= 4 is 11.8 Å². The van der Waals surface area contributed by atoms with Crippen LogP contribution in [0.2, 0.25) is 0 Å². The molecule has 1 aromatic carbocycles. The van der Waals surface area contributed by atoms with Gasteiger partial charge >= 0.3 is 0 Å². The van der Waals surface area contributed by atoms with Gasteiger partial charge in [0.1, 0.15) is 0 Å².